The number of halogens is 3. The molecule has 8 nitrogen and oxygen atoms in total. The molecular weight excluding hydrogens is 427 g/mol. The highest BCUT2D eigenvalue weighted by Crippen LogP contribution is 2.31. The van der Waals surface area contributed by atoms with Crippen LogP contribution in [0.2, 0.25) is 0 Å². The van der Waals surface area contributed by atoms with Crippen molar-refractivity contribution in [2.75, 3.05) is 46.4 Å². The minimum absolute atomic E-state index is 0.00855. The zero-order valence-corrected chi connectivity index (χ0v) is 17.1. The van der Waals surface area contributed by atoms with Gasteiger partial charge in [-0.25, -0.2) is 8.42 Å². The molecule has 0 unspecified atom stereocenters. The van der Waals surface area contributed by atoms with E-state index in [1.807, 2.05) is 0 Å². The molecule has 12 heteroatoms. The van der Waals surface area contributed by atoms with Crippen LogP contribution in [0.15, 0.2) is 29.2 Å². The van der Waals surface area contributed by atoms with E-state index in [0.717, 1.165) is 27.4 Å². The summed E-state index contributed by atoms with van der Waals surface area (Å²) in [6.45, 7) is 0.797. The predicted molar refractivity (Wildman–Crippen MR) is 98.8 cm³/mol. The minimum Gasteiger partial charge on any atom is -0.383 e. The average Bonchev–Trinajstić information content (AvgIpc) is 2.99. The number of piperazine rings is 1. The fourth-order valence-electron chi connectivity index (χ4n) is 3.61. The largest absolute Gasteiger partial charge is 0.416 e. The van der Waals surface area contributed by atoms with E-state index < -0.39 is 32.7 Å². The van der Waals surface area contributed by atoms with Crippen molar-refractivity contribution in [3.05, 3.63) is 29.8 Å². The topological polar surface area (TPSA) is 87.2 Å². The molecule has 0 aliphatic carbocycles. The van der Waals surface area contributed by atoms with Gasteiger partial charge in [-0.1, -0.05) is 6.07 Å². The van der Waals surface area contributed by atoms with Crippen LogP contribution < -0.4 is 0 Å². The molecule has 0 saturated carbocycles. The number of nitrogens with zero attached hydrogens (tertiary/aromatic N) is 3. The molecule has 30 heavy (non-hydrogen) atoms. The molecule has 2 saturated heterocycles. The second-order valence-electron chi connectivity index (χ2n) is 7.06. The zero-order chi connectivity index (χ0) is 22.1. The third kappa shape index (κ3) is 4.51. The van der Waals surface area contributed by atoms with Crippen LogP contribution in [-0.4, -0.2) is 86.8 Å². The monoisotopic (exact) mass is 449 g/mol. The van der Waals surface area contributed by atoms with Crippen molar-refractivity contribution < 1.29 is 35.9 Å². The maximum Gasteiger partial charge on any atom is 0.416 e. The van der Waals surface area contributed by atoms with Crippen molar-refractivity contribution in [3.63, 3.8) is 0 Å². The molecule has 3 rings (SSSR count). The van der Waals surface area contributed by atoms with Crippen molar-refractivity contribution in [2.24, 2.45) is 0 Å². The number of sulfonamides is 1. The third-order valence-electron chi connectivity index (χ3n) is 5.25. The summed E-state index contributed by atoms with van der Waals surface area (Å²) in [5.74, 6) is -0.646. The van der Waals surface area contributed by atoms with Gasteiger partial charge in [-0.2, -0.15) is 17.5 Å². The van der Waals surface area contributed by atoms with Crippen molar-refractivity contribution in [1.29, 1.82) is 0 Å². The number of carbonyl (C=O) groups is 2. The Morgan fingerprint density at radius 1 is 1.13 bits per heavy atom. The molecule has 2 aliphatic heterocycles. The van der Waals surface area contributed by atoms with Crippen molar-refractivity contribution >= 4 is 21.8 Å². The van der Waals surface area contributed by atoms with Gasteiger partial charge in [-0.3, -0.25) is 19.4 Å². The van der Waals surface area contributed by atoms with E-state index in [1.165, 1.54) is 7.11 Å². The number of imide groups is 1. The number of alkyl halides is 3. The van der Waals surface area contributed by atoms with Gasteiger partial charge in [-0.05, 0) is 18.2 Å². The number of carbonyl (C=O) groups excluding carboxylic acids is 2. The van der Waals surface area contributed by atoms with Crippen LogP contribution in [0, 0.1) is 0 Å². The first-order valence-electron chi connectivity index (χ1n) is 9.30. The van der Waals surface area contributed by atoms with E-state index in [-0.39, 0.29) is 57.6 Å². The fraction of sp³-hybridized carbons (Fsp3) is 0.556. The van der Waals surface area contributed by atoms with Crippen LogP contribution in [0.1, 0.15) is 12.0 Å². The van der Waals surface area contributed by atoms with E-state index >= 15 is 0 Å². The van der Waals surface area contributed by atoms with Gasteiger partial charge in [0.15, 0.2) is 0 Å². The van der Waals surface area contributed by atoms with Gasteiger partial charge in [0.25, 0.3) is 0 Å². The van der Waals surface area contributed by atoms with Gasteiger partial charge in [0.1, 0.15) is 0 Å². The molecule has 0 N–H and O–H groups in total. The molecule has 166 valence electrons. The van der Waals surface area contributed by atoms with Gasteiger partial charge in [-0.15, -0.1) is 0 Å². The normalized spacial score (nSPS) is 22.1. The lowest BCUT2D eigenvalue weighted by atomic mass is 10.2. The zero-order valence-electron chi connectivity index (χ0n) is 16.3. The molecule has 2 aliphatic rings. The van der Waals surface area contributed by atoms with Crippen LogP contribution in [-0.2, 0) is 30.5 Å². The molecule has 0 bridgehead atoms. The number of rotatable bonds is 6. The molecule has 1 aromatic carbocycles. The molecule has 2 heterocycles. The van der Waals surface area contributed by atoms with Gasteiger partial charge >= 0.3 is 6.18 Å². The van der Waals surface area contributed by atoms with Crippen molar-refractivity contribution in [2.45, 2.75) is 23.5 Å². The maximum absolute atomic E-state index is 12.9. The summed E-state index contributed by atoms with van der Waals surface area (Å²) in [5, 5.41) is 0. The number of hydrogen-bond donors (Lipinski definition) is 0. The first-order chi connectivity index (χ1) is 14.1. The standard InChI is InChI=1S/C18H22F3N3O5S/c1-29-10-9-24-16(25)12-15(17(24)26)22-5-7-23(8-6-22)30(27,28)14-4-2-3-13(11-14)18(19,20)21/h2-4,11,15H,5-10,12H2,1H3/t15-/m1/s1. The summed E-state index contributed by atoms with van der Waals surface area (Å²) < 4.78 is 70.3. The van der Waals surface area contributed by atoms with Gasteiger partial charge in [0, 0.05) is 33.3 Å². The van der Waals surface area contributed by atoms with Gasteiger partial charge in [0.05, 0.1) is 36.1 Å². The summed E-state index contributed by atoms with van der Waals surface area (Å²) in [6, 6.07) is 2.96. The Morgan fingerprint density at radius 2 is 1.80 bits per heavy atom. The molecule has 0 spiro atoms. The van der Waals surface area contributed by atoms with Crippen LogP contribution >= 0.6 is 0 Å². The van der Waals surface area contributed by atoms with Crippen molar-refractivity contribution in [3.8, 4) is 0 Å². The molecular formula is C18H22F3N3O5S. The lowest BCUT2D eigenvalue weighted by Gasteiger charge is -2.36. The Kier molecular flexibility index (Phi) is 6.51. The first-order valence-corrected chi connectivity index (χ1v) is 10.7. The Labute approximate surface area is 172 Å². The van der Waals surface area contributed by atoms with E-state index in [2.05, 4.69) is 0 Å². The highest BCUT2D eigenvalue weighted by Gasteiger charge is 2.43. The smallest absolute Gasteiger partial charge is 0.383 e. The molecule has 1 atom stereocenters. The average molecular weight is 449 g/mol. The Balaban J connectivity index is 1.67. The molecule has 0 radical (unpaired) electrons. The van der Waals surface area contributed by atoms with E-state index in [0.29, 0.717) is 6.07 Å². The fourth-order valence-corrected chi connectivity index (χ4v) is 5.07. The number of methoxy groups -OCH3 is 1. The lowest BCUT2D eigenvalue weighted by Crippen LogP contribution is -2.53. The number of amides is 2. The predicted octanol–water partition coefficient (Wildman–Crippen LogP) is 0.786. The Hall–Kier alpha value is -2.02. The maximum atomic E-state index is 12.9. The third-order valence-corrected chi connectivity index (χ3v) is 7.15. The molecule has 2 amide bonds. The van der Waals surface area contributed by atoms with Crippen LogP contribution in [0.3, 0.4) is 0 Å². The van der Waals surface area contributed by atoms with Gasteiger partial charge < -0.3 is 4.74 Å². The molecule has 0 aromatic heterocycles. The number of hydrogen-bond acceptors (Lipinski definition) is 6. The van der Waals surface area contributed by atoms with E-state index in [9.17, 15) is 31.2 Å². The Bertz CT molecular complexity index is 914. The quantitative estimate of drug-likeness (QED) is 0.597. The number of benzene rings is 1. The summed E-state index contributed by atoms with van der Waals surface area (Å²) in [6.07, 6.45) is -4.63. The lowest BCUT2D eigenvalue weighted by molar-refractivity contribution is -0.140. The number of likely N-dealkylation sites (tertiary alicyclic amines) is 1. The van der Waals surface area contributed by atoms with E-state index in [1.54, 1.807) is 4.90 Å². The van der Waals surface area contributed by atoms with Crippen molar-refractivity contribution in [1.82, 2.24) is 14.1 Å². The summed E-state index contributed by atoms with van der Waals surface area (Å²) in [5.41, 5.74) is -1.03. The summed E-state index contributed by atoms with van der Waals surface area (Å²) in [4.78, 5) is 27.1. The van der Waals surface area contributed by atoms with Gasteiger partial charge in [0.2, 0.25) is 21.8 Å². The number of ether oxygens (including phenoxy) is 1. The second-order valence-corrected chi connectivity index (χ2v) is 9.00. The Morgan fingerprint density at radius 3 is 2.40 bits per heavy atom. The summed E-state index contributed by atoms with van der Waals surface area (Å²) >= 11 is 0. The highest BCUT2D eigenvalue weighted by atomic mass is 32.2. The second kappa shape index (κ2) is 8.61. The highest BCUT2D eigenvalue weighted by molar-refractivity contribution is 7.89. The van der Waals surface area contributed by atoms with E-state index in [4.69, 9.17) is 4.74 Å². The summed E-state index contributed by atoms with van der Waals surface area (Å²) in [7, 11) is -2.65. The van der Waals surface area contributed by atoms with Crippen LogP contribution in [0.25, 0.3) is 0 Å². The SMILES string of the molecule is COCCN1C(=O)C[C@@H](N2CCN(S(=O)(=O)c3cccc(C(F)(F)F)c3)CC2)C1=O. The molecule has 1 aromatic rings. The van der Waals surface area contributed by atoms with Crippen LogP contribution in [0.5, 0.6) is 0 Å². The van der Waals surface area contributed by atoms with Crippen LogP contribution in [0.4, 0.5) is 13.2 Å². The minimum atomic E-state index is -4.64. The molecule has 2 fully saturated rings. The first kappa shape index (κ1) is 22.7.